The van der Waals surface area contributed by atoms with Crippen molar-refractivity contribution in [1.82, 2.24) is 20.4 Å². The van der Waals surface area contributed by atoms with Gasteiger partial charge in [-0.3, -0.25) is 14.4 Å². The van der Waals surface area contributed by atoms with Crippen molar-refractivity contribution in [3.8, 4) is 11.4 Å². The number of hydrogen-bond acceptors (Lipinski definition) is 11. The zero-order valence-electron chi connectivity index (χ0n) is 19.8. The third kappa shape index (κ3) is 7.95. The fraction of sp³-hybridized carbons (Fsp3) is 0.318. The number of anilines is 1. The molecule has 0 saturated heterocycles. The van der Waals surface area contributed by atoms with E-state index in [-0.39, 0.29) is 18.1 Å². The molecule has 0 aliphatic rings. The summed E-state index contributed by atoms with van der Waals surface area (Å²) in [6.07, 6.45) is 0.703. The van der Waals surface area contributed by atoms with Crippen LogP contribution in [0.15, 0.2) is 28.8 Å². The van der Waals surface area contributed by atoms with Crippen LogP contribution in [-0.2, 0) is 14.3 Å². The highest BCUT2D eigenvalue weighted by Gasteiger charge is 2.21. The lowest BCUT2D eigenvalue weighted by Crippen LogP contribution is -2.45. The summed E-state index contributed by atoms with van der Waals surface area (Å²) in [6, 6.07) is 5.65. The minimum absolute atomic E-state index is 0.105. The second-order valence-corrected chi connectivity index (χ2v) is 8.20. The number of benzene rings is 1. The van der Waals surface area contributed by atoms with E-state index in [4.69, 9.17) is 24.9 Å². The van der Waals surface area contributed by atoms with Crippen LogP contribution in [0.1, 0.15) is 45.0 Å². The smallest absolute Gasteiger partial charge is 0.350 e. The van der Waals surface area contributed by atoms with Gasteiger partial charge in [0.25, 0.3) is 12.4 Å². The van der Waals surface area contributed by atoms with Gasteiger partial charge in [-0.1, -0.05) is 35.5 Å². The molecule has 5 N–H and O–H groups in total. The Balaban J connectivity index is 0.00000145. The number of nitrogens with zero attached hydrogens (tertiary/aromatic N) is 3. The molecule has 0 aliphatic heterocycles. The first-order valence-electron chi connectivity index (χ1n) is 10.7. The topological polar surface area (TPSA) is 200 Å². The van der Waals surface area contributed by atoms with Crippen molar-refractivity contribution in [2.45, 2.75) is 33.2 Å². The van der Waals surface area contributed by atoms with Gasteiger partial charge >= 0.3 is 5.97 Å². The van der Waals surface area contributed by atoms with Gasteiger partial charge in [0.15, 0.2) is 5.13 Å². The third-order valence-corrected chi connectivity index (χ3v) is 5.43. The summed E-state index contributed by atoms with van der Waals surface area (Å²) in [5.41, 5.74) is 7.34. The molecule has 0 saturated carbocycles. The number of rotatable bonds is 9. The van der Waals surface area contributed by atoms with Crippen molar-refractivity contribution in [3.63, 3.8) is 0 Å². The molecular formula is C22H26N6O7S. The second-order valence-electron chi connectivity index (χ2n) is 7.20. The quantitative estimate of drug-likeness (QED) is 0.238. The largest absolute Gasteiger partial charge is 0.483 e. The summed E-state index contributed by atoms with van der Waals surface area (Å²) in [5.74, 6) is -0.658. The van der Waals surface area contributed by atoms with Gasteiger partial charge in [-0.05, 0) is 25.5 Å². The van der Waals surface area contributed by atoms with Crippen molar-refractivity contribution in [2.24, 2.45) is 5.73 Å². The van der Waals surface area contributed by atoms with Crippen LogP contribution in [0.2, 0.25) is 0 Å². The molecule has 0 fully saturated rings. The number of hydrogen-bond donors (Lipinski definition) is 4. The molecule has 13 nitrogen and oxygen atoms in total. The molecule has 0 aliphatic carbocycles. The van der Waals surface area contributed by atoms with E-state index in [1.54, 1.807) is 38.1 Å². The molecule has 0 spiro atoms. The normalized spacial score (nSPS) is 11.0. The molecule has 0 unspecified atom stereocenters. The SMILES string of the molecule is CCCOC(=O)c1sc(NC(=O)[C@H](N)CNC(=O)c2cccc(-c3noc(C)n3)c2)nc1C.O=CO. The van der Waals surface area contributed by atoms with E-state index in [0.29, 0.717) is 46.4 Å². The van der Waals surface area contributed by atoms with Gasteiger partial charge in [-0.15, -0.1) is 0 Å². The third-order valence-electron chi connectivity index (χ3n) is 4.38. The Bertz CT molecular complexity index is 1210. The van der Waals surface area contributed by atoms with Gasteiger partial charge in [0.05, 0.1) is 12.3 Å². The van der Waals surface area contributed by atoms with Crippen LogP contribution in [0, 0.1) is 13.8 Å². The summed E-state index contributed by atoms with van der Waals surface area (Å²) in [5, 5.41) is 16.1. The summed E-state index contributed by atoms with van der Waals surface area (Å²) >= 11 is 1.01. The van der Waals surface area contributed by atoms with Gasteiger partial charge in [0.2, 0.25) is 17.6 Å². The first-order valence-corrected chi connectivity index (χ1v) is 11.5. The Labute approximate surface area is 210 Å². The lowest BCUT2D eigenvalue weighted by atomic mass is 10.1. The van der Waals surface area contributed by atoms with Crippen LogP contribution in [0.5, 0.6) is 0 Å². The molecule has 2 heterocycles. The predicted octanol–water partition coefficient (Wildman–Crippen LogP) is 1.77. The van der Waals surface area contributed by atoms with E-state index >= 15 is 0 Å². The van der Waals surface area contributed by atoms with Gasteiger partial charge in [0, 0.05) is 24.6 Å². The van der Waals surface area contributed by atoms with Crippen LogP contribution in [0.4, 0.5) is 5.13 Å². The lowest BCUT2D eigenvalue weighted by Gasteiger charge is -2.12. The fourth-order valence-corrected chi connectivity index (χ4v) is 3.57. The summed E-state index contributed by atoms with van der Waals surface area (Å²) in [6.45, 7) is 5.17. The van der Waals surface area contributed by atoms with E-state index in [2.05, 4.69) is 25.8 Å². The average Bonchev–Trinajstić information content (AvgIpc) is 3.46. The van der Waals surface area contributed by atoms with Crippen LogP contribution in [0.25, 0.3) is 11.4 Å². The predicted molar refractivity (Wildman–Crippen MR) is 130 cm³/mol. The molecule has 3 rings (SSSR count). The number of aromatic nitrogens is 3. The van der Waals surface area contributed by atoms with Crippen LogP contribution in [-0.4, -0.2) is 63.7 Å². The van der Waals surface area contributed by atoms with Crippen molar-refractivity contribution in [3.05, 3.63) is 46.3 Å². The molecule has 0 radical (unpaired) electrons. The Morgan fingerprint density at radius 1 is 1.28 bits per heavy atom. The number of aryl methyl sites for hydroxylation is 2. The zero-order chi connectivity index (χ0) is 26.7. The van der Waals surface area contributed by atoms with Gasteiger partial charge < -0.3 is 30.7 Å². The number of carboxylic acid groups (broad SMARTS) is 1. The van der Waals surface area contributed by atoms with Crippen molar-refractivity contribution >= 4 is 40.7 Å². The minimum Gasteiger partial charge on any atom is -0.483 e. The molecular weight excluding hydrogens is 492 g/mol. The molecule has 0 bridgehead atoms. The standard InChI is InChI=1S/C21H24N6O5S.CH2O2/c1-4-8-31-20(30)16-11(2)24-21(33-16)26-19(29)15(22)10-23-18(28)14-7-5-6-13(9-14)17-25-12(3)32-27-17;2-1-3/h5-7,9,15H,4,8,10,22H2,1-3H3,(H,23,28)(H,24,26,29);1H,(H,2,3)/t15-;/m1./s1. The maximum absolute atomic E-state index is 12.5. The summed E-state index contributed by atoms with van der Waals surface area (Å²) in [4.78, 5) is 53.9. The summed E-state index contributed by atoms with van der Waals surface area (Å²) in [7, 11) is 0. The number of nitrogens with two attached hydrogens (primary N) is 1. The molecule has 2 amide bonds. The van der Waals surface area contributed by atoms with Gasteiger partial charge in [-0.25, -0.2) is 9.78 Å². The lowest BCUT2D eigenvalue weighted by molar-refractivity contribution is -0.123. The van der Waals surface area contributed by atoms with E-state index in [0.717, 1.165) is 11.3 Å². The fourth-order valence-electron chi connectivity index (χ4n) is 2.71. The highest BCUT2D eigenvalue weighted by atomic mass is 32.1. The van der Waals surface area contributed by atoms with E-state index in [1.807, 2.05) is 6.92 Å². The van der Waals surface area contributed by atoms with Crippen LogP contribution in [0.3, 0.4) is 0 Å². The molecule has 1 atom stereocenters. The number of carbonyl (C=O) groups excluding carboxylic acids is 3. The molecule has 2 aromatic heterocycles. The number of ether oxygens (including phenoxy) is 1. The Morgan fingerprint density at radius 2 is 2.00 bits per heavy atom. The highest BCUT2D eigenvalue weighted by molar-refractivity contribution is 7.17. The Morgan fingerprint density at radius 3 is 2.64 bits per heavy atom. The van der Waals surface area contributed by atoms with E-state index in [9.17, 15) is 14.4 Å². The van der Waals surface area contributed by atoms with Crippen LogP contribution < -0.4 is 16.4 Å². The van der Waals surface area contributed by atoms with Crippen molar-refractivity contribution in [2.75, 3.05) is 18.5 Å². The number of amides is 2. The molecule has 1 aromatic carbocycles. The first kappa shape index (κ1) is 28.1. The first-order chi connectivity index (χ1) is 17.2. The van der Waals surface area contributed by atoms with Crippen LogP contribution >= 0.6 is 11.3 Å². The number of thiazole rings is 1. The monoisotopic (exact) mass is 518 g/mol. The number of esters is 1. The van der Waals surface area contributed by atoms with Crippen molar-refractivity contribution < 1.29 is 33.5 Å². The van der Waals surface area contributed by atoms with E-state index < -0.39 is 23.8 Å². The molecule has 3 aromatic rings. The maximum atomic E-state index is 12.5. The Kier molecular flexibility index (Phi) is 10.6. The highest BCUT2D eigenvalue weighted by Crippen LogP contribution is 2.23. The van der Waals surface area contributed by atoms with E-state index in [1.165, 1.54) is 0 Å². The van der Waals surface area contributed by atoms with Gasteiger partial charge in [-0.2, -0.15) is 4.98 Å². The average molecular weight is 519 g/mol. The van der Waals surface area contributed by atoms with Gasteiger partial charge in [0.1, 0.15) is 10.9 Å². The Hall–Kier alpha value is -4.17. The number of nitrogens with one attached hydrogen (secondary N) is 2. The number of carbonyl (C=O) groups is 4. The van der Waals surface area contributed by atoms with Crippen molar-refractivity contribution in [1.29, 1.82) is 0 Å². The second kappa shape index (κ2) is 13.7. The molecule has 14 heteroatoms. The summed E-state index contributed by atoms with van der Waals surface area (Å²) < 4.78 is 10.1. The molecule has 36 heavy (non-hydrogen) atoms. The molecule has 192 valence electrons. The minimum atomic E-state index is -1.03. The zero-order valence-corrected chi connectivity index (χ0v) is 20.6. The maximum Gasteiger partial charge on any atom is 0.350 e.